The van der Waals surface area contributed by atoms with E-state index in [4.69, 9.17) is 20.3 Å². The van der Waals surface area contributed by atoms with Crippen LogP contribution < -0.4 is 15.2 Å². The number of rotatable bonds is 8. The third kappa shape index (κ3) is 4.85. The summed E-state index contributed by atoms with van der Waals surface area (Å²) < 4.78 is 12.0. The van der Waals surface area contributed by atoms with E-state index >= 15 is 0 Å². The van der Waals surface area contributed by atoms with Gasteiger partial charge in [0.1, 0.15) is 11.5 Å². The van der Waals surface area contributed by atoms with Crippen molar-refractivity contribution in [1.82, 2.24) is 0 Å². The number of para-hydroxylation sites is 2. The lowest BCUT2D eigenvalue weighted by molar-refractivity contribution is 0.280. The molecular weight excluding hydrogens is 326 g/mol. The molecule has 3 aromatic rings. The first-order valence-corrected chi connectivity index (χ1v) is 8.72. The van der Waals surface area contributed by atoms with Crippen LogP contribution in [0, 0.1) is 0 Å². The molecule has 0 saturated carbocycles. The molecule has 0 saturated heterocycles. The quantitative estimate of drug-likeness (QED) is 0.598. The molecule has 0 fully saturated rings. The lowest BCUT2D eigenvalue weighted by Gasteiger charge is -2.17. The maximum absolute atomic E-state index is 9.02. The van der Waals surface area contributed by atoms with Crippen molar-refractivity contribution in [1.29, 1.82) is 0 Å². The molecular formula is C22H23NO3. The Kier molecular flexibility index (Phi) is 6.25. The van der Waals surface area contributed by atoms with Gasteiger partial charge in [0.15, 0.2) is 11.5 Å². The molecule has 4 nitrogen and oxygen atoms in total. The van der Waals surface area contributed by atoms with E-state index in [-0.39, 0.29) is 12.6 Å². The Morgan fingerprint density at radius 2 is 1.35 bits per heavy atom. The second-order valence-electron chi connectivity index (χ2n) is 6.01. The van der Waals surface area contributed by atoms with Crippen LogP contribution >= 0.6 is 0 Å². The molecule has 0 bridgehead atoms. The number of nitrogens with two attached hydrogens (primary N) is 1. The van der Waals surface area contributed by atoms with Crippen LogP contribution in [0.2, 0.25) is 0 Å². The Morgan fingerprint density at radius 3 is 1.92 bits per heavy atom. The first-order valence-electron chi connectivity index (χ1n) is 8.72. The molecule has 1 atom stereocenters. The highest BCUT2D eigenvalue weighted by atomic mass is 16.5. The van der Waals surface area contributed by atoms with Crippen LogP contribution in [0.3, 0.4) is 0 Å². The fraction of sp³-hybridized carbons (Fsp3) is 0.182. The van der Waals surface area contributed by atoms with Crippen LogP contribution in [0.5, 0.6) is 23.0 Å². The van der Waals surface area contributed by atoms with Gasteiger partial charge in [0.05, 0.1) is 0 Å². The summed E-state index contributed by atoms with van der Waals surface area (Å²) in [5.41, 5.74) is 7.19. The van der Waals surface area contributed by atoms with Crippen LogP contribution in [0.1, 0.15) is 24.4 Å². The van der Waals surface area contributed by atoms with Gasteiger partial charge in [-0.2, -0.15) is 0 Å². The zero-order chi connectivity index (χ0) is 18.2. The van der Waals surface area contributed by atoms with Gasteiger partial charge in [-0.05, 0) is 54.8 Å². The number of hydrogen-bond acceptors (Lipinski definition) is 4. The van der Waals surface area contributed by atoms with Gasteiger partial charge in [0, 0.05) is 12.6 Å². The predicted molar refractivity (Wildman–Crippen MR) is 103 cm³/mol. The highest BCUT2D eigenvalue weighted by molar-refractivity contribution is 5.48. The van der Waals surface area contributed by atoms with Gasteiger partial charge in [-0.3, -0.25) is 0 Å². The standard InChI is InChI=1S/C22H23NO3/c23-20(12-7-15-24)17-13-14-21(25-18-8-3-1-4-9-18)22(16-17)26-19-10-5-2-6-11-19/h1-6,8-11,13-14,16,20,24H,7,12,15,23H2/t20-/m1/s1. The topological polar surface area (TPSA) is 64.7 Å². The number of ether oxygens (including phenoxy) is 2. The average Bonchev–Trinajstić information content (AvgIpc) is 2.69. The number of hydrogen-bond donors (Lipinski definition) is 2. The van der Waals surface area contributed by atoms with E-state index in [2.05, 4.69) is 0 Å². The summed E-state index contributed by atoms with van der Waals surface area (Å²) in [7, 11) is 0. The largest absolute Gasteiger partial charge is 0.453 e. The van der Waals surface area contributed by atoms with Crippen molar-refractivity contribution in [3.05, 3.63) is 84.4 Å². The van der Waals surface area contributed by atoms with Crippen molar-refractivity contribution in [3.8, 4) is 23.0 Å². The Balaban J connectivity index is 1.89. The van der Waals surface area contributed by atoms with Gasteiger partial charge in [-0.15, -0.1) is 0 Å². The summed E-state index contributed by atoms with van der Waals surface area (Å²) in [6, 6.07) is 24.7. The Labute approximate surface area is 153 Å². The van der Waals surface area contributed by atoms with E-state index in [1.165, 1.54) is 0 Å². The molecule has 0 amide bonds. The number of benzene rings is 3. The molecule has 3 aromatic carbocycles. The summed E-state index contributed by atoms with van der Waals surface area (Å²) in [6.45, 7) is 0.135. The van der Waals surface area contributed by atoms with Crippen molar-refractivity contribution >= 4 is 0 Å². The van der Waals surface area contributed by atoms with Crippen molar-refractivity contribution in [2.45, 2.75) is 18.9 Å². The SMILES string of the molecule is N[C@H](CCCO)c1ccc(Oc2ccccc2)c(Oc2ccccc2)c1. The van der Waals surface area contributed by atoms with Crippen LogP contribution in [-0.4, -0.2) is 11.7 Å². The lowest BCUT2D eigenvalue weighted by atomic mass is 10.0. The second kappa shape index (κ2) is 9.04. The summed E-state index contributed by atoms with van der Waals surface area (Å²) in [4.78, 5) is 0. The maximum atomic E-state index is 9.02. The van der Waals surface area contributed by atoms with Gasteiger partial charge in [0.25, 0.3) is 0 Å². The minimum absolute atomic E-state index is 0.135. The van der Waals surface area contributed by atoms with E-state index in [0.29, 0.717) is 24.3 Å². The third-order valence-electron chi connectivity index (χ3n) is 4.01. The first kappa shape index (κ1) is 18.0. The molecule has 134 valence electrons. The molecule has 0 aliphatic heterocycles. The van der Waals surface area contributed by atoms with Crippen LogP contribution in [0.15, 0.2) is 78.9 Å². The average molecular weight is 349 g/mol. The smallest absolute Gasteiger partial charge is 0.170 e. The zero-order valence-corrected chi connectivity index (χ0v) is 14.5. The Morgan fingerprint density at radius 1 is 0.769 bits per heavy atom. The molecule has 0 aliphatic carbocycles. The third-order valence-corrected chi connectivity index (χ3v) is 4.01. The molecule has 0 unspecified atom stereocenters. The molecule has 0 spiro atoms. The van der Waals surface area contributed by atoms with Crippen molar-refractivity contribution in [2.75, 3.05) is 6.61 Å². The molecule has 0 heterocycles. The number of aliphatic hydroxyl groups excluding tert-OH is 1. The minimum atomic E-state index is -0.161. The summed E-state index contributed by atoms with van der Waals surface area (Å²) in [5, 5.41) is 9.02. The number of aliphatic hydroxyl groups is 1. The van der Waals surface area contributed by atoms with Crippen LogP contribution in [0.25, 0.3) is 0 Å². The fourth-order valence-corrected chi connectivity index (χ4v) is 2.63. The van der Waals surface area contributed by atoms with Crippen molar-refractivity contribution < 1.29 is 14.6 Å². The fourth-order valence-electron chi connectivity index (χ4n) is 2.63. The van der Waals surface area contributed by atoms with E-state index in [1.807, 2.05) is 78.9 Å². The molecule has 26 heavy (non-hydrogen) atoms. The van der Waals surface area contributed by atoms with Crippen LogP contribution in [0.4, 0.5) is 0 Å². The lowest BCUT2D eigenvalue weighted by Crippen LogP contribution is -2.11. The Hall–Kier alpha value is -2.82. The van der Waals surface area contributed by atoms with Crippen molar-refractivity contribution in [2.24, 2.45) is 5.73 Å². The van der Waals surface area contributed by atoms with Gasteiger partial charge in [-0.1, -0.05) is 42.5 Å². The second-order valence-corrected chi connectivity index (χ2v) is 6.01. The molecule has 3 rings (SSSR count). The van der Waals surface area contributed by atoms with E-state index < -0.39 is 0 Å². The van der Waals surface area contributed by atoms with Crippen molar-refractivity contribution in [3.63, 3.8) is 0 Å². The van der Waals surface area contributed by atoms with E-state index in [9.17, 15) is 0 Å². The van der Waals surface area contributed by atoms with Gasteiger partial charge >= 0.3 is 0 Å². The molecule has 0 radical (unpaired) electrons. The molecule has 4 heteroatoms. The van der Waals surface area contributed by atoms with Gasteiger partial charge < -0.3 is 20.3 Å². The Bertz CT molecular complexity index is 806. The highest BCUT2D eigenvalue weighted by Crippen LogP contribution is 2.37. The first-order chi connectivity index (χ1) is 12.8. The molecule has 3 N–H and O–H groups in total. The van der Waals surface area contributed by atoms with Gasteiger partial charge in [-0.25, -0.2) is 0 Å². The van der Waals surface area contributed by atoms with E-state index in [0.717, 1.165) is 17.1 Å². The summed E-state index contributed by atoms with van der Waals surface area (Å²) in [6.07, 6.45) is 1.37. The predicted octanol–water partition coefficient (Wildman–Crippen LogP) is 5.04. The zero-order valence-electron chi connectivity index (χ0n) is 14.5. The van der Waals surface area contributed by atoms with Crippen LogP contribution in [-0.2, 0) is 0 Å². The summed E-state index contributed by atoms with van der Waals surface area (Å²) in [5.74, 6) is 2.70. The minimum Gasteiger partial charge on any atom is -0.453 e. The van der Waals surface area contributed by atoms with E-state index in [1.54, 1.807) is 0 Å². The monoisotopic (exact) mass is 349 g/mol. The molecule has 0 aliphatic rings. The van der Waals surface area contributed by atoms with Gasteiger partial charge in [0.2, 0.25) is 0 Å². The summed E-state index contributed by atoms with van der Waals surface area (Å²) >= 11 is 0. The maximum Gasteiger partial charge on any atom is 0.170 e. The molecule has 0 aromatic heterocycles. The highest BCUT2D eigenvalue weighted by Gasteiger charge is 2.13. The normalized spacial score (nSPS) is 11.8.